The summed E-state index contributed by atoms with van der Waals surface area (Å²) in [6, 6.07) is 9.86. The smallest absolute Gasteiger partial charge is 0.341 e. The molecule has 2 aromatic carbocycles. The van der Waals surface area contributed by atoms with Crippen molar-refractivity contribution in [2.45, 2.75) is 51.4 Å². The summed E-state index contributed by atoms with van der Waals surface area (Å²) in [5.74, 6) is 0.0630. The number of nitrogens with zero attached hydrogens (tertiary/aromatic N) is 2. The lowest BCUT2D eigenvalue weighted by molar-refractivity contribution is 0.0521. The van der Waals surface area contributed by atoms with Gasteiger partial charge in [-0.2, -0.15) is 0 Å². The molecule has 0 bridgehead atoms. The average Bonchev–Trinajstić information content (AvgIpc) is 3.29. The second-order valence-corrected chi connectivity index (χ2v) is 9.13. The maximum absolute atomic E-state index is 15.0. The molecule has 4 aromatic rings. The Bertz CT molecular complexity index is 1360. The standard InChI is InChI=1S/C27H27F2N3O2/c1-3-34-27(33)20-9-11-23-25(24(20)29)32-26(31-23)15(2)16-4-6-17(7-5-16)19-12-13-30-22-10-8-18(28)14-21(19)22/h8-17H,3-7H2,1-2H3,(H,31,32)/t15-,16-,17+/m1/s1. The minimum atomic E-state index is -0.673. The number of H-pyrrole nitrogens is 1. The van der Waals surface area contributed by atoms with E-state index in [0.717, 1.165) is 48.0 Å². The maximum Gasteiger partial charge on any atom is 0.341 e. The molecule has 2 aromatic heterocycles. The molecule has 2 heterocycles. The Kier molecular flexibility index (Phi) is 6.02. The number of fused-ring (bicyclic) bond motifs is 2. The van der Waals surface area contributed by atoms with Crippen LogP contribution in [0.15, 0.2) is 42.6 Å². The summed E-state index contributed by atoms with van der Waals surface area (Å²) >= 11 is 0. The summed E-state index contributed by atoms with van der Waals surface area (Å²) in [4.78, 5) is 24.2. The van der Waals surface area contributed by atoms with Crippen molar-refractivity contribution >= 4 is 27.9 Å². The van der Waals surface area contributed by atoms with Gasteiger partial charge in [0.15, 0.2) is 5.82 Å². The number of hydrogen-bond acceptors (Lipinski definition) is 4. The first-order valence-electron chi connectivity index (χ1n) is 11.9. The molecule has 5 nitrogen and oxygen atoms in total. The lowest BCUT2D eigenvalue weighted by Gasteiger charge is -2.32. The van der Waals surface area contributed by atoms with Crippen molar-refractivity contribution in [3.05, 3.63) is 71.2 Å². The topological polar surface area (TPSA) is 67.9 Å². The van der Waals surface area contributed by atoms with Crippen molar-refractivity contribution in [2.24, 2.45) is 5.92 Å². The molecule has 1 N–H and O–H groups in total. The van der Waals surface area contributed by atoms with E-state index in [1.54, 1.807) is 31.3 Å². The third kappa shape index (κ3) is 4.04. The molecule has 0 saturated heterocycles. The van der Waals surface area contributed by atoms with Gasteiger partial charge in [0.25, 0.3) is 0 Å². The van der Waals surface area contributed by atoms with Gasteiger partial charge in [-0.15, -0.1) is 0 Å². The predicted octanol–water partition coefficient (Wildman–Crippen LogP) is 6.64. The first-order chi connectivity index (χ1) is 16.5. The molecule has 1 saturated carbocycles. The quantitative estimate of drug-likeness (QED) is 0.337. The zero-order valence-corrected chi connectivity index (χ0v) is 19.3. The van der Waals surface area contributed by atoms with Crippen LogP contribution < -0.4 is 0 Å². The molecular weight excluding hydrogens is 436 g/mol. The molecule has 7 heteroatoms. The molecule has 0 radical (unpaired) electrons. The summed E-state index contributed by atoms with van der Waals surface area (Å²) in [7, 11) is 0. The number of esters is 1. The predicted molar refractivity (Wildman–Crippen MR) is 127 cm³/mol. The molecule has 0 unspecified atom stereocenters. The fraction of sp³-hybridized carbons (Fsp3) is 0.370. The van der Waals surface area contributed by atoms with Gasteiger partial charge in [0.05, 0.1) is 23.2 Å². The lowest BCUT2D eigenvalue weighted by Crippen LogP contribution is -2.19. The van der Waals surface area contributed by atoms with E-state index in [9.17, 15) is 13.6 Å². The number of ether oxygens (including phenoxy) is 1. The van der Waals surface area contributed by atoms with Gasteiger partial charge in [0.1, 0.15) is 17.2 Å². The number of aromatic nitrogens is 3. The Labute approximate surface area is 196 Å². The van der Waals surface area contributed by atoms with Gasteiger partial charge in [-0.05, 0) is 86.4 Å². The number of pyridine rings is 1. The highest BCUT2D eigenvalue weighted by atomic mass is 19.1. The Morgan fingerprint density at radius 3 is 2.65 bits per heavy atom. The van der Waals surface area contributed by atoms with Gasteiger partial charge in [0.2, 0.25) is 0 Å². The highest BCUT2D eigenvalue weighted by Gasteiger charge is 2.30. The van der Waals surface area contributed by atoms with Crippen LogP contribution in [0, 0.1) is 17.6 Å². The van der Waals surface area contributed by atoms with Gasteiger partial charge < -0.3 is 9.72 Å². The van der Waals surface area contributed by atoms with Crippen LogP contribution in [-0.2, 0) is 4.74 Å². The lowest BCUT2D eigenvalue weighted by atomic mass is 9.73. The summed E-state index contributed by atoms with van der Waals surface area (Å²) in [5.41, 5.74) is 2.64. The Balaban J connectivity index is 1.33. The van der Waals surface area contributed by atoms with Crippen LogP contribution in [0.3, 0.4) is 0 Å². The van der Waals surface area contributed by atoms with Crippen molar-refractivity contribution in [3.8, 4) is 0 Å². The third-order valence-corrected chi connectivity index (χ3v) is 7.20. The van der Waals surface area contributed by atoms with Gasteiger partial charge in [-0.1, -0.05) is 6.92 Å². The van der Waals surface area contributed by atoms with Crippen molar-refractivity contribution in [1.82, 2.24) is 15.0 Å². The van der Waals surface area contributed by atoms with E-state index in [-0.39, 0.29) is 29.4 Å². The van der Waals surface area contributed by atoms with Crippen LogP contribution in [0.1, 0.15) is 73.1 Å². The summed E-state index contributed by atoms with van der Waals surface area (Å²) in [6.45, 7) is 3.99. The molecule has 34 heavy (non-hydrogen) atoms. The van der Waals surface area contributed by atoms with Crippen molar-refractivity contribution in [2.75, 3.05) is 6.61 Å². The molecule has 0 amide bonds. The van der Waals surface area contributed by atoms with Crippen LogP contribution in [0.25, 0.3) is 21.9 Å². The van der Waals surface area contributed by atoms with Crippen LogP contribution in [0.4, 0.5) is 8.78 Å². The van der Waals surface area contributed by atoms with E-state index in [0.29, 0.717) is 17.4 Å². The van der Waals surface area contributed by atoms with Gasteiger partial charge in [-0.3, -0.25) is 4.98 Å². The van der Waals surface area contributed by atoms with E-state index < -0.39 is 11.8 Å². The van der Waals surface area contributed by atoms with Gasteiger partial charge in [-0.25, -0.2) is 18.6 Å². The summed E-state index contributed by atoms with van der Waals surface area (Å²) in [6.07, 6.45) is 5.79. The van der Waals surface area contributed by atoms with E-state index >= 15 is 0 Å². The second kappa shape index (κ2) is 9.12. The zero-order valence-electron chi connectivity index (χ0n) is 19.3. The largest absolute Gasteiger partial charge is 0.462 e. The van der Waals surface area contributed by atoms with Crippen molar-refractivity contribution in [3.63, 3.8) is 0 Å². The number of hydrogen-bond donors (Lipinski definition) is 1. The Morgan fingerprint density at radius 2 is 1.88 bits per heavy atom. The monoisotopic (exact) mass is 463 g/mol. The number of aromatic amines is 1. The highest BCUT2D eigenvalue weighted by Crippen LogP contribution is 2.43. The number of carbonyl (C=O) groups excluding carboxylic acids is 1. The number of benzene rings is 2. The van der Waals surface area contributed by atoms with Crippen LogP contribution in [-0.4, -0.2) is 27.5 Å². The van der Waals surface area contributed by atoms with E-state index in [4.69, 9.17) is 4.74 Å². The number of rotatable bonds is 5. The van der Waals surface area contributed by atoms with E-state index in [1.807, 2.05) is 6.07 Å². The van der Waals surface area contributed by atoms with Gasteiger partial charge in [0, 0.05) is 17.5 Å². The van der Waals surface area contributed by atoms with Crippen LogP contribution in [0.5, 0.6) is 0 Å². The molecule has 0 aliphatic heterocycles. The molecule has 1 aliphatic rings. The summed E-state index contributed by atoms with van der Waals surface area (Å²) < 4.78 is 33.8. The molecular formula is C27H27F2N3O2. The first-order valence-corrected chi connectivity index (χ1v) is 11.9. The van der Waals surface area contributed by atoms with E-state index in [2.05, 4.69) is 21.9 Å². The fourth-order valence-electron chi connectivity index (χ4n) is 5.30. The molecule has 176 valence electrons. The number of halogens is 2. The summed E-state index contributed by atoms with van der Waals surface area (Å²) in [5, 5.41) is 0.893. The van der Waals surface area contributed by atoms with Gasteiger partial charge >= 0.3 is 5.97 Å². The Morgan fingerprint density at radius 1 is 1.12 bits per heavy atom. The SMILES string of the molecule is CCOC(=O)c1ccc2nc([C@H](C)[C@H]3CC[C@@H](c4ccnc5ccc(F)cc54)CC3)[nH]c2c1F. The van der Waals surface area contributed by atoms with Crippen molar-refractivity contribution in [1.29, 1.82) is 0 Å². The normalized spacial score (nSPS) is 19.4. The second-order valence-electron chi connectivity index (χ2n) is 9.13. The maximum atomic E-state index is 15.0. The van der Waals surface area contributed by atoms with E-state index in [1.165, 1.54) is 12.1 Å². The zero-order chi connectivity index (χ0) is 23.8. The first kappa shape index (κ1) is 22.4. The molecule has 1 aliphatic carbocycles. The molecule has 1 fully saturated rings. The minimum absolute atomic E-state index is 0.0845. The molecule has 0 spiro atoms. The fourth-order valence-corrected chi connectivity index (χ4v) is 5.30. The Hall–Kier alpha value is -3.35. The van der Waals surface area contributed by atoms with Crippen molar-refractivity contribution < 1.29 is 18.3 Å². The third-order valence-electron chi connectivity index (χ3n) is 7.20. The number of imidazole rings is 1. The minimum Gasteiger partial charge on any atom is -0.462 e. The van der Waals surface area contributed by atoms with Crippen LogP contribution >= 0.6 is 0 Å². The average molecular weight is 464 g/mol. The molecule has 1 atom stereocenters. The number of carbonyl (C=O) groups is 1. The molecule has 5 rings (SSSR count). The van der Waals surface area contributed by atoms with Crippen LogP contribution in [0.2, 0.25) is 0 Å². The highest BCUT2D eigenvalue weighted by molar-refractivity contribution is 5.94. The number of nitrogens with one attached hydrogen (secondary N) is 1.